The fraction of sp³-hybridized carbons (Fsp3) is 0.632. The van der Waals surface area contributed by atoms with Gasteiger partial charge in [0.05, 0.1) is 17.1 Å². The molecular weight excluding hydrogens is 366 g/mol. The molecule has 1 N–H and O–H groups in total. The Labute approximate surface area is 162 Å². The van der Waals surface area contributed by atoms with E-state index < -0.39 is 10.0 Å². The van der Waals surface area contributed by atoms with Crippen LogP contribution in [-0.2, 0) is 14.8 Å². The molecule has 1 amide bonds. The number of hydrogen-bond donors (Lipinski definition) is 1. The minimum atomic E-state index is -3.57. The zero-order valence-corrected chi connectivity index (χ0v) is 17.8. The van der Waals surface area contributed by atoms with Crippen molar-refractivity contribution in [2.24, 2.45) is 0 Å². The van der Waals surface area contributed by atoms with Crippen molar-refractivity contribution in [3.05, 3.63) is 29.8 Å². The molecule has 7 nitrogen and oxygen atoms in total. The predicted octanol–water partition coefficient (Wildman–Crippen LogP) is 1.55. The lowest BCUT2D eigenvalue weighted by Gasteiger charge is -2.45. The van der Waals surface area contributed by atoms with Crippen molar-refractivity contribution in [3.63, 3.8) is 0 Å². The molecular formula is C19H31N3O4S. The Balaban J connectivity index is 2.07. The topological polar surface area (TPSA) is 79.0 Å². The fourth-order valence-electron chi connectivity index (χ4n) is 3.19. The van der Waals surface area contributed by atoms with E-state index in [4.69, 9.17) is 4.74 Å². The van der Waals surface area contributed by atoms with Crippen molar-refractivity contribution >= 4 is 15.9 Å². The van der Waals surface area contributed by atoms with Gasteiger partial charge in [-0.3, -0.25) is 9.69 Å². The lowest BCUT2D eigenvalue weighted by molar-refractivity contribution is -0.0948. The van der Waals surface area contributed by atoms with Gasteiger partial charge in [0, 0.05) is 44.8 Å². The maximum absolute atomic E-state index is 12.6. The second-order valence-electron chi connectivity index (χ2n) is 7.97. The molecule has 8 heteroatoms. The highest BCUT2D eigenvalue weighted by molar-refractivity contribution is 7.89. The van der Waals surface area contributed by atoms with Crippen LogP contribution < -0.4 is 5.32 Å². The van der Waals surface area contributed by atoms with Crippen LogP contribution in [0.25, 0.3) is 0 Å². The highest BCUT2D eigenvalue weighted by Gasteiger charge is 2.33. The summed E-state index contributed by atoms with van der Waals surface area (Å²) in [7, 11) is -0.640. The zero-order valence-electron chi connectivity index (χ0n) is 17.0. The molecule has 27 heavy (non-hydrogen) atoms. The molecule has 2 atom stereocenters. The molecule has 1 aliphatic heterocycles. The summed E-state index contributed by atoms with van der Waals surface area (Å²) in [6, 6.07) is 6.11. The first-order valence-electron chi connectivity index (χ1n) is 9.15. The monoisotopic (exact) mass is 397 g/mol. The van der Waals surface area contributed by atoms with Crippen LogP contribution in [-0.4, -0.2) is 75.0 Å². The number of benzene rings is 1. The van der Waals surface area contributed by atoms with Crippen LogP contribution in [0.15, 0.2) is 29.2 Å². The molecule has 1 heterocycles. The molecule has 0 saturated carbocycles. The summed E-state index contributed by atoms with van der Waals surface area (Å²) in [5, 5.41) is 2.94. The third kappa shape index (κ3) is 5.28. The van der Waals surface area contributed by atoms with Crippen LogP contribution in [0.3, 0.4) is 0 Å². The molecule has 1 aromatic rings. The molecule has 152 valence electrons. The molecule has 0 spiro atoms. The van der Waals surface area contributed by atoms with Crippen LogP contribution in [0, 0.1) is 0 Å². The second kappa shape index (κ2) is 8.26. The highest BCUT2D eigenvalue weighted by Crippen LogP contribution is 2.21. The Kier molecular flexibility index (Phi) is 6.68. The van der Waals surface area contributed by atoms with Gasteiger partial charge in [0.1, 0.15) is 0 Å². The van der Waals surface area contributed by atoms with Crippen molar-refractivity contribution in [3.8, 4) is 0 Å². The van der Waals surface area contributed by atoms with Gasteiger partial charge in [-0.1, -0.05) is 6.07 Å². The molecule has 2 unspecified atom stereocenters. The van der Waals surface area contributed by atoms with Crippen molar-refractivity contribution in [1.82, 2.24) is 14.5 Å². The van der Waals surface area contributed by atoms with Gasteiger partial charge in [0.15, 0.2) is 0 Å². The van der Waals surface area contributed by atoms with Crippen molar-refractivity contribution in [2.75, 3.05) is 33.7 Å². The summed E-state index contributed by atoms with van der Waals surface area (Å²) in [5.74, 6) is -0.284. The number of carbonyl (C=O) groups excluding carboxylic acids is 1. The third-order valence-electron chi connectivity index (χ3n) is 4.83. The summed E-state index contributed by atoms with van der Waals surface area (Å²) in [4.78, 5) is 15.0. The van der Waals surface area contributed by atoms with E-state index in [1.807, 2.05) is 13.8 Å². The van der Waals surface area contributed by atoms with Gasteiger partial charge in [-0.2, -0.15) is 0 Å². The average Bonchev–Trinajstić information content (AvgIpc) is 2.59. The van der Waals surface area contributed by atoms with E-state index in [-0.39, 0.29) is 28.5 Å². The van der Waals surface area contributed by atoms with Crippen LogP contribution >= 0.6 is 0 Å². The first-order valence-corrected chi connectivity index (χ1v) is 10.6. The molecule has 1 aliphatic rings. The molecule has 0 aromatic heterocycles. The molecule has 1 aromatic carbocycles. The Hall–Kier alpha value is -1.48. The molecule has 1 fully saturated rings. The number of morpholine rings is 1. The number of nitrogens with zero attached hydrogens (tertiary/aromatic N) is 2. The van der Waals surface area contributed by atoms with E-state index >= 15 is 0 Å². The van der Waals surface area contributed by atoms with E-state index in [1.165, 1.54) is 26.2 Å². The zero-order chi connectivity index (χ0) is 20.4. The van der Waals surface area contributed by atoms with E-state index in [0.29, 0.717) is 12.1 Å². The number of hydrogen-bond acceptors (Lipinski definition) is 5. The van der Waals surface area contributed by atoms with Gasteiger partial charge < -0.3 is 10.1 Å². The third-order valence-corrected chi connectivity index (χ3v) is 6.64. The van der Waals surface area contributed by atoms with Gasteiger partial charge in [-0.15, -0.1) is 0 Å². The van der Waals surface area contributed by atoms with Gasteiger partial charge in [0.2, 0.25) is 10.0 Å². The lowest BCUT2D eigenvalue weighted by Crippen LogP contribution is -2.58. The minimum Gasteiger partial charge on any atom is -0.373 e. The Bertz CT molecular complexity index is 767. The Morgan fingerprint density at radius 3 is 2.41 bits per heavy atom. The summed E-state index contributed by atoms with van der Waals surface area (Å²) in [5.41, 5.74) is 0.0902. The van der Waals surface area contributed by atoms with Crippen molar-refractivity contribution in [2.45, 2.75) is 50.3 Å². The number of sulfonamides is 1. The van der Waals surface area contributed by atoms with E-state index in [9.17, 15) is 13.2 Å². The predicted molar refractivity (Wildman–Crippen MR) is 105 cm³/mol. The van der Waals surface area contributed by atoms with E-state index in [0.717, 1.165) is 17.4 Å². The van der Waals surface area contributed by atoms with Crippen molar-refractivity contribution in [1.29, 1.82) is 0 Å². The maximum atomic E-state index is 12.6. The normalized spacial score (nSPS) is 22.0. The van der Waals surface area contributed by atoms with Crippen LogP contribution in [0.4, 0.5) is 0 Å². The van der Waals surface area contributed by atoms with Gasteiger partial charge in [0.25, 0.3) is 5.91 Å². The standard InChI is InChI=1S/C19H31N3O4S/c1-14-11-22(12-15(2)26-14)19(3,4)13-20-18(23)16-8-7-9-17(10-16)27(24,25)21(5)6/h7-10,14-15H,11-13H2,1-6H3,(H,20,23). The van der Waals surface area contributed by atoms with Gasteiger partial charge in [-0.25, -0.2) is 12.7 Å². The second-order valence-corrected chi connectivity index (χ2v) is 10.1. The van der Waals surface area contributed by atoms with E-state index in [2.05, 4.69) is 24.1 Å². The summed E-state index contributed by atoms with van der Waals surface area (Å²) in [6.45, 7) is 10.3. The molecule has 0 aliphatic carbocycles. The average molecular weight is 398 g/mol. The maximum Gasteiger partial charge on any atom is 0.251 e. The van der Waals surface area contributed by atoms with Crippen LogP contribution in [0.5, 0.6) is 0 Å². The molecule has 2 rings (SSSR count). The number of rotatable bonds is 6. The Morgan fingerprint density at radius 2 is 1.85 bits per heavy atom. The van der Waals surface area contributed by atoms with E-state index in [1.54, 1.807) is 12.1 Å². The fourth-order valence-corrected chi connectivity index (χ4v) is 4.14. The summed E-state index contributed by atoms with van der Waals surface area (Å²) < 4.78 is 31.4. The first kappa shape index (κ1) is 21.8. The van der Waals surface area contributed by atoms with Gasteiger partial charge >= 0.3 is 0 Å². The van der Waals surface area contributed by atoms with Crippen LogP contribution in [0.1, 0.15) is 38.1 Å². The largest absolute Gasteiger partial charge is 0.373 e. The van der Waals surface area contributed by atoms with Gasteiger partial charge in [-0.05, 0) is 45.9 Å². The smallest absolute Gasteiger partial charge is 0.251 e. The number of amides is 1. The summed E-state index contributed by atoms with van der Waals surface area (Å²) >= 11 is 0. The number of ether oxygens (including phenoxy) is 1. The Morgan fingerprint density at radius 1 is 1.26 bits per heavy atom. The van der Waals surface area contributed by atoms with Crippen LogP contribution in [0.2, 0.25) is 0 Å². The van der Waals surface area contributed by atoms with Crippen molar-refractivity contribution < 1.29 is 17.9 Å². The summed E-state index contributed by atoms with van der Waals surface area (Å²) in [6.07, 6.45) is 0.299. The SMILES string of the molecule is CC1CN(C(C)(C)CNC(=O)c2cccc(S(=O)(=O)N(C)C)c2)CC(C)O1. The highest BCUT2D eigenvalue weighted by atomic mass is 32.2. The quantitative estimate of drug-likeness (QED) is 0.788. The number of carbonyl (C=O) groups is 1. The minimum absolute atomic E-state index is 0.107. The molecule has 0 bridgehead atoms. The number of nitrogens with one attached hydrogen (secondary N) is 1. The molecule has 1 saturated heterocycles. The lowest BCUT2D eigenvalue weighted by atomic mass is 10.00. The molecule has 0 radical (unpaired) electrons. The first-order chi connectivity index (χ1) is 12.4.